The van der Waals surface area contributed by atoms with E-state index in [1.54, 1.807) is 6.08 Å². The van der Waals surface area contributed by atoms with Gasteiger partial charge in [0.1, 0.15) is 6.29 Å². The van der Waals surface area contributed by atoms with Gasteiger partial charge >= 0.3 is 0 Å². The lowest BCUT2D eigenvalue weighted by atomic mass is 10.1. The first kappa shape index (κ1) is 9.20. The fraction of sp³-hybridized carbons (Fsp3) is 0.100. The average Bonchev–Trinajstić information content (AvgIpc) is 2.03. The maximum Gasteiger partial charge on any atom is 0.142 e. The van der Waals surface area contributed by atoms with E-state index in [1.807, 2.05) is 25.1 Å². The topological polar surface area (TPSA) is 17.1 Å². The number of aryl methyl sites for hydroxylation is 1. The van der Waals surface area contributed by atoms with Crippen molar-refractivity contribution in [1.82, 2.24) is 0 Å². The molecule has 62 valence electrons. The molecule has 0 aliphatic heterocycles. The highest BCUT2D eigenvalue weighted by atomic mass is 79.9. The lowest BCUT2D eigenvalue weighted by Gasteiger charge is -1.99. The van der Waals surface area contributed by atoms with E-state index in [9.17, 15) is 4.79 Å². The van der Waals surface area contributed by atoms with Gasteiger partial charge in [-0.1, -0.05) is 28.1 Å². The zero-order chi connectivity index (χ0) is 8.97. The van der Waals surface area contributed by atoms with E-state index in [1.165, 1.54) is 6.08 Å². The third-order valence-electron chi connectivity index (χ3n) is 1.59. The Morgan fingerprint density at radius 3 is 2.75 bits per heavy atom. The van der Waals surface area contributed by atoms with Crippen LogP contribution in [0.4, 0.5) is 0 Å². The number of rotatable bonds is 2. The van der Waals surface area contributed by atoms with Gasteiger partial charge in [0.2, 0.25) is 0 Å². The molecule has 0 aliphatic rings. The summed E-state index contributed by atoms with van der Waals surface area (Å²) < 4.78 is 1.06. The van der Waals surface area contributed by atoms with Crippen LogP contribution in [-0.4, -0.2) is 6.29 Å². The molecule has 0 N–H and O–H groups in total. The second-order valence-corrected chi connectivity index (χ2v) is 3.41. The number of hydrogen-bond donors (Lipinski definition) is 0. The SMILES string of the molecule is Cc1cc(Br)ccc1C=CC=O. The van der Waals surface area contributed by atoms with E-state index in [2.05, 4.69) is 15.9 Å². The molecule has 0 saturated carbocycles. The van der Waals surface area contributed by atoms with Gasteiger partial charge in [0.15, 0.2) is 0 Å². The maximum absolute atomic E-state index is 10.1. The van der Waals surface area contributed by atoms with Gasteiger partial charge < -0.3 is 0 Å². The summed E-state index contributed by atoms with van der Waals surface area (Å²) in [5.41, 5.74) is 2.23. The molecule has 0 unspecified atom stereocenters. The van der Waals surface area contributed by atoms with Gasteiger partial charge in [0, 0.05) is 4.47 Å². The summed E-state index contributed by atoms with van der Waals surface area (Å²) in [5.74, 6) is 0. The fourth-order valence-corrected chi connectivity index (χ4v) is 1.44. The van der Waals surface area contributed by atoms with Gasteiger partial charge in [-0.05, 0) is 36.3 Å². The Labute approximate surface area is 80.2 Å². The Kier molecular flexibility index (Phi) is 3.23. The number of hydrogen-bond acceptors (Lipinski definition) is 1. The van der Waals surface area contributed by atoms with E-state index < -0.39 is 0 Å². The minimum atomic E-state index is 0.779. The average molecular weight is 225 g/mol. The van der Waals surface area contributed by atoms with E-state index >= 15 is 0 Å². The van der Waals surface area contributed by atoms with Crippen LogP contribution in [0.25, 0.3) is 6.08 Å². The van der Waals surface area contributed by atoms with Crippen molar-refractivity contribution in [1.29, 1.82) is 0 Å². The molecule has 0 radical (unpaired) electrons. The highest BCUT2D eigenvalue weighted by Gasteiger charge is 1.93. The van der Waals surface area contributed by atoms with Crippen LogP contribution in [0.1, 0.15) is 11.1 Å². The quantitative estimate of drug-likeness (QED) is 0.558. The molecule has 1 rings (SSSR count). The number of aldehydes is 1. The normalized spacial score (nSPS) is 10.5. The van der Waals surface area contributed by atoms with Crippen molar-refractivity contribution in [2.24, 2.45) is 0 Å². The molecule has 0 fully saturated rings. The predicted molar refractivity (Wildman–Crippen MR) is 54.0 cm³/mol. The van der Waals surface area contributed by atoms with Crippen LogP contribution in [0.3, 0.4) is 0 Å². The Morgan fingerprint density at radius 2 is 2.17 bits per heavy atom. The summed E-state index contributed by atoms with van der Waals surface area (Å²) in [6.07, 6.45) is 4.08. The van der Waals surface area contributed by atoms with Crippen LogP contribution in [0, 0.1) is 6.92 Å². The molecular weight excluding hydrogens is 216 g/mol. The first-order valence-corrected chi connectivity index (χ1v) is 4.41. The zero-order valence-corrected chi connectivity index (χ0v) is 8.34. The fourth-order valence-electron chi connectivity index (χ4n) is 0.969. The van der Waals surface area contributed by atoms with Gasteiger partial charge in [-0.25, -0.2) is 0 Å². The third-order valence-corrected chi connectivity index (χ3v) is 2.08. The lowest BCUT2D eigenvalue weighted by Crippen LogP contribution is -1.79. The van der Waals surface area contributed by atoms with Crippen LogP contribution in [-0.2, 0) is 4.79 Å². The molecule has 0 heterocycles. The van der Waals surface area contributed by atoms with Crippen LogP contribution >= 0.6 is 15.9 Å². The number of benzene rings is 1. The summed E-state index contributed by atoms with van der Waals surface area (Å²) in [7, 11) is 0. The van der Waals surface area contributed by atoms with Crippen molar-refractivity contribution in [3.05, 3.63) is 39.9 Å². The van der Waals surface area contributed by atoms with Crippen LogP contribution in [0.5, 0.6) is 0 Å². The van der Waals surface area contributed by atoms with Crippen LogP contribution in [0.15, 0.2) is 28.7 Å². The minimum Gasteiger partial charge on any atom is -0.299 e. The third kappa shape index (κ3) is 2.31. The number of carbonyl (C=O) groups is 1. The molecule has 2 heteroatoms. The smallest absolute Gasteiger partial charge is 0.142 e. The highest BCUT2D eigenvalue weighted by Crippen LogP contribution is 2.16. The predicted octanol–water partition coefficient (Wildman–Crippen LogP) is 2.97. The summed E-state index contributed by atoms with van der Waals surface area (Å²) >= 11 is 3.37. The molecule has 1 nitrogen and oxygen atoms in total. The van der Waals surface area contributed by atoms with Crippen molar-refractivity contribution >= 4 is 28.3 Å². The Morgan fingerprint density at radius 1 is 1.42 bits per heavy atom. The Balaban J connectivity index is 3.01. The largest absolute Gasteiger partial charge is 0.299 e. The first-order valence-electron chi connectivity index (χ1n) is 3.62. The van der Waals surface area contributed by atoms with Gasteiger partial charge in [-0.3, -0.25) is 4.79 Å². The van der Waals surface area contributed by atoms with E-state index in [0.29, 0.717) is 0 Å². The molecule has 0 atom stereocenters. The van der Waals surface area contributed by atoms with Crippen molar-refractivity contribution in [3.63, 3.8) is 0 Å². The van der Waals surface area contributed by atoms with E-state index in [0.717, 1.165) is 21.9 Å². The number of carbonyl (C=O) groups excluding carboxylic acids is 1. The molecule has 0 aromatic heterocycles. The van der Waals surface area contributed by atoms with Crippen molar-refractivity contribution in [3.8, 4) is 0 Å². The molecule has 1 aromatic carbocycles. The molecule has 0 aliphatic carbocycles. The van der Waals surface area contributed by atoms with Crippen LogP contribution < -0.4 is 0 Å². The Bertz CT molecular complexity index is 316. The standard InChI is InChI=1S/C10H9BrO/c1-8-7-10(11)5-4-9(8)3-2-6-12/h2-7H,1H3. The molecule has 0 spiro atoms. The lowest BCUT2D eigenvalue weighted by molar-refractivity contribution is -0.104. The van der Waals surface area contributed by atoms with Gasteiger partial charge in [0.25, 0.3) is 0 Å². The van der Waals surface area contributed by atoms with Crippen LogP contribution in [0.2, 0.25) is 0 Å². The van der Waals surface area contributed by atoms with Crippen molar-refractivity contribution in [2.75, 3.05) is 0 Å². The number of allylic oxidation sites excluding steroid dienone is 1. The number of halogens is 1. The minimum absolute atomic E-state index is 0.779. The van der Waals surface area contributed by atoms with E-state index in [4.69, 9.17) is 0 Å². The van der Waals surface area contributed by atoms with Gasteiger partial charge in [-0.2, -0.15) is 0 Å². The Hall–Kier alpha value is -0.890. The van der Waals surface area contributed by atoms with Gasteiger partial charge in [0.05, 0.1) is 0 Å². The highest BCUT2D eigenvalue weighted by molar-refractivity contribution is 9.10. The second-order valence-electron chi connectivity index (χ2n) is 2.50. The molecule has 12 heavy (non-hydrogen) atoms. The monoisotopic (exact) mass is 224 g/mol. The molecule has 0 bridgehead atoms. The molecular formula is C10H9BrO. The first-order chi connectivity index (χ1) is 5.74. The van der Waals surface area contributed by atoms with Crippen molar-refractivity contribution in [2.45, 2.75) is 6.92 Å². The second kappa shape index (κ2) is 4.21. The molecule has 0 amide bonds. The molecule has 0 saturated heterocycles. The maximum atomic E-state index is 10.1. The zero-order valence-electron chi connectivity index (χ0n) is 6.75. The summed E-state index contributed by atoms with van der Waals surface area (Å²) in [6.45, 7) is 2.01. The van der Waals surface area contributed by atoms with Gasteiger partial charge in [-0.15, -0.1) is 0 Å². The molecule has 1 aromatic rings. The summed E-state index contributed by atoms with van der Waals surface area (Å²) in [5, 5.41) is 0. The van der Waals surface area contributed by atoms with E-state index in [-0.39, 0.29) is 0 Å². The van der Waals surface area contributed by atoms with Crippen molar-refractivity contribution < 1.29 is 4.79 Å². The summed E-state index contributed by atoms with van der Waals surface area (Å²) in [4.78, 5) is 10.1. The summed E-state index contributed by atoms with van der Waals surface area (Å²) in [6, 6.07) is 5.95.